The van der Waals surface area contributed by atoms with Gasteiger partial charge in [-0.05, 0) is 12.1 Å². The molecule has 0 bridgehead atoms. The molecule has 0 spiro atoms. The molecular formula is C12H6B2F5NO5S. The van der Waals surface area contributed by atoms with Crippen molar-refractivity contribution >= 4 is 37.6 Å². The van der Waals surface area contributed by atoms with E-state index < -0.39 is 45.3 Å². The minimum Gasteiger partial charge on any atom is -0.280 e. The molecule has 26 heavy (non-hydrogen) atoms. The maximum Gasteiger partial charge on any atom is 0.523 e. The molecule has 14 heteroatoms. The quantitative estimate of drug-likeness (QED) is 0.243. The van der Waals surface area contributed by atoms with E-state index in [1.165, 1.54) is 12.1 Å². The van der Waals surface area contributed by atoms with Crippen molar-refractivity contribution in [1.82, 2.24) is 4.90 Å². The smallest absolute Gasteiger partial charge is 0.280 e. The van der Waals surface area contributed by atoms with Crippen LogP contribution in [-0.4, -0.2) is 64.2 Å². The van der Waals surface area contributed by atoms with E-state index in [9.17, 15) is 40.0 Å². The molecule has 2 rings (SSSR count). The van der Waals surface area contributed by atoms with Gasteiger partial charge in [0.2, 0.25) is 0 Å². The molecule has 6 nitrogen and oxygen atoms in total. The van der Waals surface area contributed by atoms with Gasteiger partial charge >= 0.3 is 15.6 Å². The minimum absolute atomic E-state index is 0.263. The van der Waals surface area contributed by atoms with Gasteiger partial charge in [-0.1, -0.05) is 12.1 Å². The summed E-state index contributed by atoms with van der Waals surface area (Å²) in [5.41, 5.74) is -6.58. The fourth-order valence-electron chi connectivity index (χ4n) is 2.02. The summed E-state index contributed by atoms with van der Waals surface area (Å²) >= 11 is 0. The first-order valence-corrected chi connectivity index (χ1v) is 7.93. The average Bonchev–Trinajstić information content (AvgIpc) is 2.76. The van der Waals surface area contributed by atoms with E-state index in [2.05, 4.69) is 4.18 Å². The lowest BCUT2D eigenvalue weighted by Crippen LogP contribution is -2.65. The molecular weight excluding hydrogens is 387 g/mol. The second-order valence-corrected chi connectivity index (χ2v) is 6.79. The number of amides is 2. The molecule has 0 aliphatic carbocycles. The minimum atomic E-state index is -6.37. The zero-order chi connectivity index (χ0) is 20.1. The van der Waals surface area contributed by atoms with Crippen molar-refractivity contribution in [2.45, 2.75) is 16.8 Å². The van der Waals surface area contributed by atoms with Gasteiger partial charge in [-0.15, -0.1) is 0 Å². The fraction of sp³-hybridized carbons (Fsp3) is 0.333. The molecule has 1 heterocycles. The number of fused-ring (bicyclic) bond motifs is 1. The van der Waals surface area contributed by atoms with Crippen LogP contribution in [0.1, 0.15) is 20.7 Å². The van der Waals surface area contributed by atoms with Gasteiger partial charge in [-0.2, -0.15) is 21.6 Å². The number of rotatable bonds is 5. The summed E-state index contributed by atoms with van der Waals surface area (Å²) in [5, 5.41) is -3.67. The zero-order valence-electron chi connectivity index (χ0n) is 12.5. The summed E-state index contributed by atoms with van der Waals surface area (Å²) in [6.07, 6.45) is 0. The van der Waals surface area contributed by atoms with Gasteiger partial charge in [0.05, 0.1) is 26.8 Å². The standard InChI is InChI=1S/C12H6B2F5NO5S/c13-11(14,10(15,16)5-25-26(23,24)12(17,18)19)20-8(21)6-3-1-2-4-7(6)9(20)22/h1-4H,5H2. The molecule has 1 aromatic carbocycles. The predicted molar refractivity (Wildman–Crippen MR) is 77.1 cm³/mol. The number of alkyl halides is 5. The summed E-state index contributed by atoms with van der Waals surface area (Å²) < 4.78 is 89.6. The lowest BCUT2D eigenvalue weighted by Gasteiger charge is -2.41. The van der Waals surface area contributed by atoms with Crippen LogP contribution in [0.4, 0.5) is 22.0 Å². The van der Waals surface area contributed by atoms with E-state index in [-0.39, 0.29) is 16.0 Å². The van der Waals surface area contributed by atoms with Gasteiger partial charge in [0.25, 0.3) is 17.7 Å². The largest absolute Gasteiger partial charge is 0.523 e. The highest BCUT2D eigenvalue weighted by Crippen LogP contribution is 2.37. The number of benzene rings is 1. The van der Waals surface area contributed by atoms with Gasteiger partial charge in [0.1, 0.15) is 6.61 Å². The third-order valence-electron chi connectivity index (χ3n) is 3.43. The molecule has 0 saturated carbocycles. The Kier molecular flexibility index (Phi) is 4.74. The van der Waals surface area contributed by atoms with Crippen molar-refractivity contribution in [2.75, 3.05) is 6.61 Å². The highest BCUT2D eigenvalue weighted by molar-refractivity contribution is 7.87. The van der Waals surface area contributed by atoms with Crippen LogP contribution >= 0.6 is 0 Å². The van der Waals surface area contributed by atoms with E-state index in [4.69, 9.17) is 15.7 Å². The number of imide groups is 1. The second kappa shape index (κ2) is 6.05. The molecule has 136 valence electrons. The Hall–Kier alpha value is -1.95. The zero-order valence-corrected chi connectivity index (χ0v) is 13.3. The van der Waals surface area contributed by atoms with Gasteiger partial charge in [-0.25, -0.2) is 8.78 Å². The Labute approximate surface area is 146 Å². The number of carbonyl (C=O) groups excluding carboxylic acids is 2. The molecule has 1 aromatic rings. The van der Waals surface area contributed by atoms with Gasteiger partial charge in [0, 0.05) is 5.34 Å². The van der Waals surface area contributed by atoms with E-state index in [1.54, 1.807) is 0 Å². The van der Waals surface area contributed by atoms with Crippen LogP contribution in [0.25, 0.3) is 0 Å². The highest BCUT2D eigenvalue weighted by atomic mass is 32.2. The molecule has 0 atom stereocenters. The molecule has 2 amide bonds. The summed E-state index contributed by atoms with van der Waals surface area (Å²) in [7, 11) is 3.93. The van der Waals surface area contributed by atoms with Crippen LogP contribution in [-0.2, 0) is 14.3 Å². The summed E-state index contributed by atoms with van der Waals surface area (Å²) in [6.45, 7) is -2.45. The van der Waals surface area contributed by atoms with E-state index in [0.717, 1.165) is 12.1 Å². The first kappa shape index (κ1) is 20.4. The first-order chi connectivity index (χ1) is 11.6. The SMILES string of the molecule is [B]C([B])(N1C(=O)c2ccccc2C1=O)C(F)(F)COS(=O)(=O)C(F)(F)F. The average molecular weight is 393 g/mol. The Bertz CT molecular complexity index is 836. The van der Waals surface area contributed by atoms with Gasteiger partial charge in [-0.3, -0.25) is 18.7 Å². The summed E-state index contributed by atoms with van der Waals surface area (Å²) in [4.78, 5) is 24.0. The van der Waals surface area contributed by atoms with Crippen LogP contribution < -0.4 is 0 Å². The summed E-state index contributed by atoms with van der Waals surface area (Å²) in [6, 6.07) is 4.88. The Balaban J connectivity index is 2.32. The number of hydrogen-bond acceptors (Lipinski definition) is 5. The van der Waals surface area contributed by atoms with Crippen LogP contribution in [0.2, 0.25) is 0 Å². The van der Waals surface area contributed by atoms with Crippen molar-refractivity contribution in [3.63, 3.8) is 0 Å². The van der Waals surface area contributed by atoms with Crippen molar-refractivity contribution in [1.29, 1.82) is 0 Å². The van der Waals surface area contributed by atoms with Gasteiger partial charge in [0.15, 0.2) is 0 Å². The van der Waals surface area contributed by atoms with Gasteiger partial charge < -0.3 is 0 Å². The first-order valence-electron chi connectivity index (χ1n) is 6.53. The van der Waals surface area contributed by atoms with E-state index in [1.807, 2.05) is 0 Å². The molecule has 0 saturated heterocycles. The maximum atomic E-state index is 14.2. The molecule has 0 N–H and O–H groups in total. The number of nitrogens with zero attached hydrogens (tertiary/aromatic N) is 1. The molecule has 1 aliphatic rings. The van der Waals surface area contributed by atoms with Crippen molar-refractivity contribution in [3.05, 3.63) is 35.4 Å². The van der Waals surface area contributed by atoms with Crippen LogP contribution in [0.3, 0.4) is 0 Å². The lowest BCUT2D eigenvalue weighted by atomic mass is 9.57. The Morgan fingerprint density at radius 1 is 0.962 bits per heavy atom. The van der Waals surface area contributed by atoms with Crippen LogP contribution in [0.5, 0.6) is 0 Å². The van der Waals surface area contributed by atoms with Crippen molar-refractivity contribution in [3.8, 4) is 0 Å². The highest BCUT2D eigenvalue weighted by Gasteiger charge is 2.58. The number of halogens is 5. The number of carbonyl (C=O) groups is 2. The third-order valence-corrected chi connectivity index (χ3v) is 4.42. The van der Waals surface area contributed by atoms with Crippen LogP contribution in [0.15, 0.2) is 24.3 Å². The monoisotopic (exact) mass is 393 g/mol. The number of hydrogen-bond donors (Lipinski definition) is 0. The fourth-order valence-corrected chi connectivity index (χ4v) is 2.46. The Morgan fingerprint density at radius 2 is 1.38 bits per heavy atom. The Morgan fingerprint density at radius 3 is 1.77 bits per heavy atom. The third kappa shape index (κ3) is 3.11. The predicted octanol–water partition coefficient (Wildman–Crippen LogP) is 0.775. The second-order valence-electron chi connectivity index (χ2n) is 5.18. The van der Waals surface area contributed by atoms with E-state index in [0.29, 0.717) is 0 Å². The topological polar surface area (TPSA) is 80.8 Å². The van der Waals surface area contributed by atoms with Crippen molar-refractivity contribution < 1.29 is 44.1 Å². The van der Waals surface area contributed by atoms with Crippen molar-refractivity contribution in [2.24, 2.45) is 0 Å². The molecule has 0 fully saturated rings. The molecule has 4 radical (unpaired) electrons. The summed E-state index contributed by atoms with van der Waals surface area (Å²) in [5.74, 6) is -7.40. The molecule has 0 aromatic heterocycles. The molecule has 1 aliphatic heterocycles. The molecule has 0 unspecified atom stereocenters. The van der Waals surface area contributed by atoms with E-state index >= 15 is 0 Å². The maximum absolute atomic E-state index is 14.2. The van der Waals surface area contributed by atoms with Crippen LogP contribution in [0, 0.1) is 0 Å². The normalized spacial score (nSPS) is 16.1. The lowest BCUT2D eigenvalue weighted by molar-refractivity contribution is -0.0939.